The van der Waals surface area contributed by atoms with Crippen LogP contribution in [-0.4, -0.2) is 11.7 Å². The van der Waals surface area contributed by atoms with E-state index in [-0.39, 0.29) is 5.56 Å². The lowest BCUT2D eigenvalue weighted by molar-refractivity contribution is 0.396. The molecule has 0 bridgehead atoms. The Kier molecular flexibility index (Phi) is 2.56. The van der Waals surface area contributed by atoms with E-state index in [4.69, 9.17) is 0 Å². The zero-order valence-corrected chi connectivity index (χ0v) is 7.86. The Bertz CT molecular complexity index is 389. The van der Waals surface area contributed by atoms with Crippen molar-refractivity contribution in [2.45, 2.75) is 18.9 Å². The van der Waals surface area contributed by atoms with Gasteiger partial charge in [-0.15, -0.1) is 0 Å². The summed E-state index contributed by atoms with van der Waals surface area (Å²) in [5.74, 6) is -4.74. The van der Waals surface area contributed by atoms with E-state index >= 15 is 0 Å². The topological polar surface area (TPSA) is 32.3 Å². The van der Waals surface area contributed by atoms with Gasteiger partial charge in [0.25, 0.3) is 0 Å². The Labute approximate surface area is 84.7 Å². The zero-order valence-electron chi connectivity index (χ0n) is 7.86. The van der Waals surface area contributed by atoms with Crippen LogP contribution in [0.1, 0.15) is 24.4 Å². The summed E-state index contributed by atoms with van der Waals surface area (Å²) in [5.41, 5.74) is -0.175. The van der Waals surface area contributed by atoms with Crippen LogP contribution in [0.2, 0.25) is 0 Å². The molecule has 2 rings (SSSR count). The van der Waals surface area contributed by atoms with Gasteiger partial charge in [0, 0.05) is 17.7 Å². The molecule has 0 radical (unpaired) electrons. The van der Waals surface area contributed by atoms with Crippen LogP contribution < -0.4 is 5.32 Å². The van der Waals surface area contributed by atoms with Gasteiger partial charge >= 0.3 is 0 Å². The third-order valence-corrected chi connectivity index (χ3v) is 2.59. The molecule has 0 unspecified atom stereocenters. The number of halogens is 3. The lowest BCUT2D eigenvalue weighted by atomic mass is 10.0. The van der Waals surface area contributed by atoms with Crippen LogP contribution in [0, 0.1) is 17.5 Å². The molecule has 0 saturated carbocycles. The summed E-state index contributed by atoms with van der Waals surface area (Å²) in [6.07, 6.45) is 1.43. The van der Waals surface area contributed by atoms with E-state index in [0.29, 0.717) is 19.0 Å². The minimum absolute atomic E-state index is 0.175. The second-order valence-electron chi connectivity index (χ2n) is 3.57. The van der Waals surface area contributed by atoms with Gasteiger partial charge in [0.15, 0.2) is 17.5 Å². The first-order chi connectivity index (χ1) is 7.11. The molecule has 0 spiro atoms. The van der Waals surface area contributed by atoms with E-state index in [1.165, 1.54) is 0 Å². The lowest BCUT2D eigenvalue weighted by Gasteiger charge is -2.14. The number of phenols is 1. The monoisotopic (exact) mass is 217 g/mol. The fraction of sp³-hybridized carbons (Fsp3) is 0.400. The second-order valence-corrected chi connectivity index (χ2v) is 3.57. The molecule has 1 aliphatic rings. The van der Waals surface area contributed by atoms with Gasteiger partial charge in [-0.2, -0.15) is 0 Å². The summed E-state index contributed by atoms with van der Waals surface area (Å²) in [6, 6.07) is 0.174. The summed E-state index contributed by atoms with van der Waals surface area (Å²) in [7, 11) is 0. The van der Waals surface area contributed by atoms with Gasteiger partial charge in [-0.05, 0) is 19.4 Å². The smallest absolute Gasteiger partial charge is 0.195 e. The first-order valence-electron chi connectivity index (χ1n) is 4.71. The third kappa shape index (κ3) is 1.67. The highest BCUT2D eigenvalue weighted by atomic mass is 19.2. The van der Waals surface area contributed by atoms with Crippen LogP contribution in [0.15, 0.2) is 6.07 Å². The van der Waals surface area contributed by atoms with Crippen molar-refractivity contribution in [3.05, 3.63) is 29.1 Å². The molecule has 0 amide bonds. The molecule has 1 heterocycles. The Hall–Kier alpha value is -1.23. The van der Waals surface area contributed by atoms with Crippen molar-refractivity contribution in [2.75, 3.05) is 6.54 Å². The van der Waals surface area contributed by atoms with Gasteiger partial charge in [0.2, 0.25) is 0 Å². The number of phenolic OH excluding ortho intramolecular Hbond substituents is 1. The van der Waals surface area contributed by atoms with Crippen LogP contribution in [0.4, 0.5) is 13.2 Å². The predicted octanol–water partition coefficient (Wildman–Crippen LogP) is 2.23. The minimum Gasteiger partial charge on any atom is -0.507 e. The Balaban J connectivity index is 2.50. The number of hydrogen-bond acceptors (Lipinski definition) is 2. The number of aromatic hydroxyl groups is 1. The highest BCUT2D eigenvalue weighted by Gasteiger charge is 2.27. The number of rotatable bonds is 1. The van der Waals surface area contributed by atoms with Gasteiger partial charge in [-0.1, -0.05) is 0 Å². The molecular weight excluding hydrogens is 207 g/mol. The normalized spacial score (nSPS) is 20.9. The second kappa shape index (κ2) is 3.73. The van der Waals surface area contributed by atoms with E-state index in [9.17, 15) is 18.3 Å². The molecule has 5 heteroatoms. The van der Waals surface area contributed by atoms with Gasteiger partial charge in [0.1, 0.15) is 5.75 Å². The van der Waals surface area contributed by atoms with Crippen molar-refractivity contribution in [1.29, 1.82) is 0 Å². The van der Waals surface area contributed by atoms with Gasteiger partial charge < -0.3 is 10.4 Å². The first kappa shape index (κ1) is 10.3. The Morgan fingerprint density at radius 1 is 1.27 bits per heavy atom. The number of benzene rings is 1. The summed E-state index contributed by atoms with van der Waals surface area (Å²) in [5, 5.41) is 12.3. The first-order valence-corrected chi connectivity index (χ1v) is 4.71. The number of nitrogens with one attached hydrogen (secondary N) is 1. The molecule has 82 valence electrons. The van der Waals surface area contributed by atoms with Crippen LogP contribution in [0.3, 0.4) is 0 Å². The molecule has 0 aliphatic carbocycles. The largest absolute Gasteiger partial charge is 0.507 e. The van der Waals surface area contributed by atoms with Gasteiger partial charge in [-0.25, -0.2) is 13.2 Å². The molecule has 1 aromatic carbocycles. The summed E-state index contributed by atoms with van der Waals surface area (Å²) >= 11 is 0. The predicted molar refractivity (Wildman–Crippen MR) is 48.0 cm³/mol. The van der Waals surface area contributed by atoms with Crippen LogP contribution in [-0.2, 0) is 0 Å². The zero-order chi connectivity index (χ0) is 11.0. The van der Waals surface area contributed by atoms with Crippen LogP contribution in [0.25, 0.3) is 0 Å². The van der Waals surface area contributed by atoms with Crippen molar-refractivity contribution in [3.63, 3.8) is 0 Å². The fourth-order valence-electron chi connectivity index (χ4n) is 1.86. The maximum Gasteiger partial charge on any atom is 0.195 e. The van der Waals surface area contributed by atoms with Crippen molar-refractivity contribution in [1.82, 2.24) is 5.32 Å². The molecule has 2 nitrogen and oxygen atoms in total. The molecule has 15 heavy (non-hydrogen) atoms. The lowest BCUT2D eigenvalue weighted by Crippen LogP contribution is -2.15. The van der Waals surface area contributed by atoms with Crippen molar-refractivity contribution in [3.8, 4) is 5.75 Å². The van der Waals surface area contributed by atoms with E-state index in [1.54, 1.807) is 0 Å². The van der Waals surface area contributed by atoms with Crippen LogP contribution >= 0.6 is 0 Å². The van der Waals surface area contributed by atoms with E-state index in [0.717, 1.165) is 6.42 Å². The molecule has 0 aromatic heterocycles. The summed E-state index contributed by atoms with van der Waals surface area (Å²) < 4.78 is 39.0. The molecule has 1 aromatic rings. The number of hydrogen-bond donors (Lipinski definition) is 2. The fourth-order valence-corrected chi connectivity index (χ4v) is 1.86. The Morgan fingerprint density at radius 3 is 2.60 bits per heavy atom. The molecule has 1 saturated heterocycles. The van der Waals surface area contributed by atoms with Crippen molar-refractivity contribution < 1.29 is 18.3 Å². The maximum absolute atomic E-state index is 13.4. The van der Waals surface area contributed by atoms with E-state index in [1.807, 2.05) is 0 Å². The van der Waals surface area contributed by atoms with Crippen molar-refractivity contribution >= 4 is 0 Å². The third-order valence-electron chi connectivity index (χ3n) is 2.59. The van der Waals surface area contributed by atoms with Gasteiger partial charge in [0.05, 0.1) is 0 Å². The highest BCUT2D eigenvalue weighted by Crippen LogP contribution is 2.34. The molecule has 1 fully saturated rings. The summed E-state index contributed by atoms with van der Waals surface area (Å²) in [6.45, 7) is 0.683. The van der Waals surface area contributed by atoms with Crippen molar-refractivity contribution in [2.24, 2.45) is 0 Å². The molecule has 1 atom stereocenters. The maximum atomic E-state index is 13.4. The quantitative estimate of drug-likeness (QED) is 0.707. The molecule has 1 aliphatic heterocycles. The Morgan fingerprint density at radius 2 is 2.00 bits per heavy atom. The van der Waals surface area contributed by atoms with Crippen LogP contribution in [0.5, 0.6) is 5.75 Å². The standard InChI is InChI=1S/C10H10F3NO/c11-5-4-7(15)8(10(13)9(5)12)6-2-1-3-14-6/h4,6,14-15H,1-3H2/t6-/m1/s1. The molecular formula is C10H10F3NO. The highest BCUT2D eigenvalue weighted by molar-refractivity contribution is 5.37. The average molecular weight is 217 g/mol. The SMILES string of the molecule is Oc1cc(F)c(F)c(F)c1[C@H]1CCCN1. The summed E-state index contributed by atoms with van der Waals surface area (Å²) in [4.78, 5) is 0. The minimum atomic E-state index is -1.53. The van der Waals surface area contributed by atoms with E-state index in [2.05, 4.69) is 5.32 Å². The van der Waals surface area contributed by atoms with Gasteiger partial charge in [-0.3, -0.25) is 0 Å². The van der Waals surface area contributed by atoms with E-state index < -0.39 is 29.2 Å². The average Bonchev–Trinajstić information content (AvgIpc) is 2.68. The molecule has 2 N–H and O–H groups in total.